The fourth-order valence-corrected chi connectivity index (χ4v) is 9.71. The Bertz CT molecular complexity index is 2060. The van der Waals surface area contributed by atoms with Crippen molar-refractivity contribution in [3.05, 3.63) is 60.3 Å². The number of methoxy groups -OCH3 is 1. The molecule has 1 aromatic carbocycles. The molecule has 2 aliphatic carbocycles. The highest BCUT2D eigenvalue weighted by atomic mass is 32.2. The number of hydrogen-bond acceptors (Lipinski definition) is 10. The molecule has 5 amide bonds. The molecule has 1 aromatic heterocycles. The maximum absolute atomic E-state index is 14.7. The second kappa shape index (κ2) is 15.7. The molecule has 16 heteroatoms. The molecule has 306 valence electrons. The van der Waals surface area contributed by atoms with Crippen LogP contribution in [0.4, 0.5) is 4.79 Å². The molecule has 3 aliphatic heterocycles. The average Bonchev–Trinajstić information content (AvgIpc) is 4.06. The molecule has 2 saturated heterocycles. The summed E-state index contributed by atoms with van der Waals surface area (Å²) in [6.07, 6.45) is 7.33. The van der Waals surface area contributed by atoms with Gasteiger partial charge in [0.15, 0.2) is 0 Å². The van der Waals surface area contributed by atoms with E-state index >= 15 is 0 Å². The number of nitrogens with zero attached hydrogens (tertiary/aromatic N) is 3. The van der Waals surface area contributed by atoms with Crippen molar-refractivity contribution in [2.24, 2.45) is 17.8 Å². The molecule has 2 aromatic rings. The van der Waals surface area contributed by atoms with E-state index in [1.54, 1.807) is 51.0 Å². The summed E-state index contributed by atoms with van der Waals surface area (Å²) in [4.78, 5) is 78.0. The fraction of sp³-hybridized carbons (Fsp3) is 0.561. The van der Waals surface area contributed by atoms with Crippen LogP contribution in [0.3, 0.4) is 0 Å². The van der Waals surface area contributed by atoms with Crippen LogP contribution in [-0.4, -0.2) is 108 Å². The van der Waals surface area contributed by atoms with Crippen LogP contribution in [0.5, 0.6) is 5.75 Å². The van der Waals surface area contributed by atoms with E-state index in [1.165, 1.54) is 4.90 Å². The van der Waals surface area contributed by atoms with Gasteiger partial charge in [0.05, 0.1) is 18.1 Å². The van der Waals surface area contributed by atoms with Gasteiger partial charge in [-0.1, -0.05) is 43.2 Å². The van der Waals surface area contributed by atoms with Gasteiger partial charge < -0.3 is 29.9 Å². The highest BCUT2D eigenvalue weighted by Gasteiger charge is 2.63. The number of benzene rings is 1. The van der Waals surface area contributed by atoms with Crippen LogP contribution in [0, 0.1) is 17.8 Å². The van der Waals surface area contributed by atoms with E-state index in [4.69, 9.17) is 9.47 Å². The first-order chi connectivity index (χ1) is 27.1. The van der Waals surface area contributed by atoms with Crippen LogP contribution in [0.1, 0.15) is 82.6 Å². The second-order valence-electron chi connectivity index (χ2n) is 16.9. The summed E-state index contributed by atoms with van der Waals surface area (Å²) in [5.74, 6) is -2.86. The third-order valence-corrected chi connectivity index (χ3v) is 13.3. The van der Waals surface area contributed by atoms with Gasteiger partial charge >= 0.3 is 6.09 Å². The predicted molar refractivity (Wildman–Crippen MR) is 209 cm³/mol. The second-order valence-corrected chi connectivity index (χ2v) is 18.9. The number of hydrogen-bond donors (Lipinski definition) is 3. The van der Waals surface area contributed by atoms with Crippen molar-refractivity contribution in [2.75, 3.05) is 26.7 Å². The molecular weight excluding hydrogens is 753 g/mol. The summed E-state index contributed by atoms with van der Waals surface area (Å²) in [5, 5.41) is 5.04. The van der Waals surface area contributed by atoms with Gasteiger partial charge in [0.2, 0.25) is 21.8 Å². The first-order valence-electron chi connectivity index (χ1n) is 19.8. The van der Waals surface area contributed by atoms with E-state index in [2.05, 4.69) is 20.3 Å². The molecule has 0 radical (unpaired) electrons. The Hall–Kier alpha value is -4.99. The van der Waals surface area contributed by atoms with Crippen molar-refractivity contribution < 1.29 is 41.9 Å². The van der Waals surface area contributed by atoms with Gasteiger partial charge in [0.25, 0.3) is 11.8 Å². The third-order valence-electron chi connectivity index (χ3n) is 11.5. The van der Waals surface area contributed by atoms with Crippen molar-refractivity contribution in [1.29, 1.82) is 0 Å². The molecule has 15 nitrogen and oxygen atoms in total. The lowest BCUT2D eigenvalue weighted by atomic mass is 9.93. The molecule has 0 bridgehead atoms. The number of ether oxygens (including phenoxy) is 2. The maximum atomic E-state index is 14.7. The molecule has 7 rings (SSSR count). The van der Waals surface area contributed by atoms with E-state index in [-0.39, 0.29) is 43.6 Å². The normalized spacial score (nSPS) is 28.4. The van der Waals surface area contributed by atoms with Crippen LogP contribution in [0.25, 0.3) is 11.3 Å². The van der Waals surface area contributed by atoms with Crippen molar-refractivity contribution in [3.8, 4) is 17.0 Å². The lowest BCUT2D eigenvalue weighted by molar-refractivity contribution is -0.142. The van der Waals surface area contributed by atoms with Crippen molar-refractivity contribution in [2.45, 2.75) is 101 Å². The molecule has 0 unspecified atom stereocenters. The van der Waals surface area contributed by atoms with Gasteiger partial charge in [-0.3, -0.25) is 23.9 Å². The Morgan fingerprint density at radius 3 is 2.49 bits per heavy atom. The number of allylic oxidation sites excluding steroid dienone is 1. The van der Waals surface area contributed by atoms with Crippen LogP contribution >= 0.6 is 0 Å². The number of amides is 5. The van der Waals surface area contributed by atoms with E-state index < -0.39 is 74.1 Å². The summed E-state index contributed by atoms with van der Waals surface area (Å²) in [6, 6.07) is 10.4. The van der Waals surface area contributed by atoms with Gasteiger partial charge in [0, 0.05) is 43.0 Å². The topological polar surface area (TPSA) is 193 Å². The molecule has 4 heterocycles. The summed E-state index contributed by atoms with van der Waals surface area (Å²) in [6.45, 7) is 5.66. The van der Waals surface area contributed by atoms with Gasteiger partial charge in [-0.25, -0.2) is 18.2 Å². The molecule has 4 fully saturated rings. The molecule has 5 aliphatic rings. The Labute approximate surface area is 333 Å². The number of likely N-dealkylation sites (tertiary alicyclic amines) is 1. The highest BCUT2D eigenvalue weighted by Crippen LogP contribution is 2.47. The van der Waals surface area contributed by atoms with Crippen LogP contribution in [0.2, 0.25) is 0 Å². The van der Waals surface area contributed by atoms with Crippen LogP contribution in [0.15, 0.2) is 54.6 Å². The standard InChI is InChI=1S/C41H52N6O9S/c1-40(2,3)56-39(52)43-33-15-9-7-5-6-8-13-27-21-41(27,38(51)45-57(53,54)29-18-19-29)44-35(48)34-30-24-46(22-26(30)23-47(34)37(33)50)36(49)32-17-11-16-31(42-32)25-12-10-14-28(20-25)55-4/h8,10-14,16-17,20,26-27,29-30,33-34H,5-7,9,15,18-19,21-24H2,1-4H3,(H,43,52)(H,44,48)(H,45,51)/b13-8-/t26-,27-,30-,33+,34-,41+/m0/s1. The first-order valence-corrected chi connectivity index (χ1v) is 21.4. The number of pyridine rings is 1. The van der Waals surface area contributed by atoms with E-state index in [0.29, 0.717) is 43.5 Å². The third kappa shape index (κ3) is 8.80. The number of fused-ring (bicyclic) bond motifs is 4. The number of aromatic nitrogens is 1. The maximum Gasteiger partial charge on any atom is 0.408 e. The molecule has 3 N–H and O–H groups in total. The Morgan fingerprint density at radius 2 is 1.75 bits per heavy atom. The number of sulfonamides is 1. The number of carbonyl (C=O) groups excluding carboxylic acids is 5. The monoisotopic (exact) mass is 804 g/mol. The zero-order valence-electron chi connectivity index (χ0n) is 32.9. The minimum Gasteiger partial charge on any atom is -0.497 e. The van der Waals surface area contributed by atoms with Crippen molar-refractivity contribution >= 4 is 39.7 Å². The van der Waals surface area contributed by atoms with Gasteiger partial charge in [-0.2, -0.15) is 0 Å². The zero-order valence-corrected chi connectivity index (χ0v) is 33.7. The first kappa shape index (κ1) is 40.2. The Balaban J connectivity index is 1.18. The van der Waals surface area contributed by atoms with E-state index in [1.807, 2.05) is 36.4 Å². The van der Waals surface area contributed by atoms with E-state index in [9.17, 15) is 32.4 Å². The Kier molecular flexibility index (Phi) is 11.1. The van der Waals surface area contributed by atoms with Gasteiger partial charge in [0.1, 0.15) is 34.7 Å². The fourth-order valence-electron chi connectivity index (χ4n) is 8.35. The molecule has 0 spiro atoms. The smallest absolute Gasteiger partial charge is 0.408 e. The van der Waals surface area contributed by atoms with Crippen molar-refractivity contribution in [3.63, 3.8) is 0 Å². The number of carbonyl (C=O) groups is 5. The summed E-state index contributed by atoms with van der Waals surface area (Å²) >= 11 is 0. The van der Waals surface area contributed by atoms with Gasteiger partial charge in [-0.15, -0.1) is 0 Å². The SMILES string of the molecule is COc1cccc(-c2cccc(C(=O)N3C[C@H]4CN5C(=O)[C@H](NC(=O)OC(C)(C)C)CCCCC/C=C\[C@H]6C[C@@]6(C(=O)NS(=O)(=O)C6CC6)NC(=O)[C@@H]5[C@H]4C3)n2)c1. The van der Waals surface area contributed by atoms with Gasteiger partial charge in [-0.05, 0) is 83.6 Å². The number of nitrogens with one attached hydrogen (secondary N) is 3. The molecule has 57 heavy (non-hydrogen) atoms. The number of alkyl carbamates (subject to hydrolysis) is 1. The summed E-state index contributed by atoms with van der Waals surface area (Å²) in [7, 11) is -2.35. The predicted octanol–water partition coefficient (Wildman–Crippen LogP) is 3.55. The minimum absolute atomic E-state index is 0.119. The molecule has 6 atom stereocenters. The Morgan fingerprint density at radius 1 is 0.982 bits per heavy atom. The lowest BCUT2D eigenvalue weighted by Gasteiger charge is -2.33. The van der Waals surface area contributed by atoms with Crippen molar-refractivity contribution in [1.82, 2.24) is 30.1 Å². The summed E-state index contributed by atoms with van der Waals surface area (Å²) < 4.78 is 38.9. The quantitative estimate of drug-likeness (QED) is 0.349. The minimum atomic E-state index is -3.92. The lowest BCUT2D eigenvalue weighted by Crippen LogP contribution is -2.60. The highest BCUT2D eigenvalue weighted by molar-refractivity contribution is 7.91. The summed E-state index contributed by atoms with van der Waals surface area (Å²) in [5.41, 5.74) is -0.769. The number of rotatable bonds is 7. The van der Waals surface area contributed by atoms with Crippen LogP contribution in [-0.2, 0) is 29.1 Å². The van der Waals surface area contributed by atoms with E-state index in [0.717, 1.165) is 18.4 Å². The van der Waals surface area contributed by atoms with Crippen LogP contribution < -0.4 is 20.1 Å². The largest absolute Gasteiger partial charge is 0.497 e. The zero-order chi connectivity index (χ0) is 40.7. The molecule has 2 saturated carbocycles. The average molecular weight is 805 g/mol. The molecular formula is C41H52N6O9S.